The van der Waals surface area contributed by atoms with Gasteiger partial charge in [0.05, 0.1) is 37.1 Å². The summed E-state index contributed by atoms with van der Waals surface area (Å²) < 4.78 is 5.87. The van der Waals surface area contributed by atoms with Crippen LogP contribution in [0.5, 0.6) is 0 Å². The van der Waals surface area contributed by atoms with Crippen molar-refractivity contribution in [3.8, 4) is 0 Å². The third-order valence-electron chi connectivity index (χ3n) is 4.95. The Kier molecular flexibility index (Phi) is 5.94. The molecule has 0 saturated heterocycles. The van der Waals surface area contributed by atoms with Crippen molar-refractivity contribution < 1.29 is 14.5 Å². The molecule has 1 aliphatic rings. The summed E-state index contributed by atoms with van der Waals surface area (Å²) in [5, 5.41) is 20.3. The molecule has 3 aromatic rings. The molecule has 160 valence electrons. The zero-order valence-corrected chi connectivity index (χ0v) is 17.6. The third-order valence-corrected chi connectivity index (χ3v) is 4.95. The van der Waals surface area contributed by atoms with Crippen molar-refractivity contribution in [2.75, 3.05) is 25.0 Å². The van der Waals surface area contributed by atoms with Crippen molar-refractivity contribution in [1.29, 1.82) is 0 Å². The van der Waals surface area contributed by atoms with E-state index in [0.29, 0.717) is 41.6 Å². The number of aromatic nitrogens is 4. The van der Waals surface area contributed by atoms with Crippen molar-refractivity contribution in [2.24, 2.45) is 12.0 Å². The summed E-state index contributed by atoms with van der Waals surface area (Å²) >= 11 is 0. The lowest BCUT2D eigenvalue weighted by molar-refractivity contribution is -0.671. The number of aliphatic hydroxyl groups is 1. The number of nitrogens with one attached hydrogen (secondary N) is 2. The molecule has 0 bridgehead atoms. The van der Waals surface area contributed by atoms with Gasteiger partial charge in [0.1, 0.15) is 24.6 Å². The highest BCUT2D eigenvalue weighted by Crippen LogP contribution is 2.31. The number of anilines is 1. The molecule has 3 N–H and O–H groups in total. The molecular formula is C22H26N7O2+. The molecule has 0 atom stereocenters. The number of aryl methyl sites for hydroxylation is 1. The van der Waals surface area contributed by atoms with Crippen LogP contribution in [0.4, 0.5) is 11.5 Å². The van der Waals surface area contributed by atoms with E-state index in [1.807, 2.05) is 54.7 Å². The van der Waals surface area contributed by atoms with E-state index >= 15 is 0 Å². The summed E-state index contributed by atoms with van der Waals surface area (Å²) in [6.07, 6.45) is 11.2. The van der Waals surface area contributed by atoms with Gasteiger partial charge in [-0.25, -0.2) is 18.6 Å². The van der Waals surface area contributed by atoms with Gasteiger partial charge in [0.2, 0.25) is 6.33 Å². The van der Waals surface area contributed by atoms with Gasteiger partial charge < -0.3 is 15.7 Å². The van der Waals surface area contributed by atoms with E-state index < -0.39 is 0 Å². The molecule has 9 nitrogen and oxygen atoms in total. The third kappa shape index (κ3) is 4.56. The van der Waals surface area contributed by atoms with Crippen LogP contribution < -0.4 is 15.2 Å². The zero-order chi connectivity index (χ0) is 21.8. The molecule has 4 rings (SSSR count). The minimum Gasteiger partial charge on any atom is -0.395 e. The summed E-state index contributed by atoms with van der Waals surface area (Å²) in [6, 6.07) is 5.81. The number of imidazole rings is 1. The van der Waals surface area contributed by atoms with E-state index in [2.05, 4.69) is 20.3 Å². The quantitative estimate of drug-likeness (QED) is 0.375. The predicted octanol–water partition coefficient (Wildman–Crippen LogP) is 1.14. The van der Waals surface area contributed by atoms with Gasteiger partial charge in [0.15, 0.2) is 11.6 Å². The van der Waals surface area contributed by atoms with Crippen LogP contribution in [0.1, 0.15) is 6.92 Å². The molecule has 0 spiro atoms. The Bertz CT molecular complexity index is 1200. The number of fused-ring (bicyclic) bond motifs is 1. The van der Waals surface area contributed by atoms with Crippen LogP contribution in [-0.2, 0) is 18.4 Å². The molecule has 31 heavy (non-hydrogen) atoms. The summed E-state index contributed by atoms with van der Waals surface area (Å²) in [5.74, 6) is 0.595. The Morgan fingerprint density at radius 1 is 1.19 bits per heavy atom. The molecule has 0 saturated carbocycles. The largest absolute Gasteiger partial charge is 0.395 e. The average Bonchev–Trinajstić information content (AvgIpc) is 3.33. The first-order valence-electron chi connectivity index (χ1n) is 10.2. The smallest absolute Gasteiger partial charge is 0.243 e. The monoisotopic (exact) mass is 420 g/mol. The molecule has 3 aromatic heterocycles. The number of carbonyl (C=O) groups excluding carboxylic acids is 1. The predicted molar refractivity (Wildman–Crippen MR) is 118 cm³/mol. The Balaban J connectivity index is 1.67. The summed E-state index contributed by atoms with van der Waals surface area (Å²) in [4.78, 5) is 17.0. The lowest BCUT2D eigenvalue weighted by atomic mass is 10.0. The number of rotatable bonds is 8. The maximum Gasteiger partial charge on any atom is 0.243 e. The molecule has 0 fully saturated rings. The van der Waals surface area contributed by atoms with Crippen LogP contribution in [0.25, 0.3) is 5.52 Å². The summed E-state index contributed by atoms with van der Waals surface area (Å²) in [7, 11) is 1.99. The zero-order valence-electron chi connectivity index (χ0n) is 17.6. The van der Waals surface area contributed by atoms with Gasteiger partial charge in [-0.1, -0.05) is 6.07 Å². The second-order valence-corrected chi connectivity index (χ2v) is 7.37. The van der Waals surface area contributed by atoms with E-state index in [0.717, 1.165) is 12.1 Å². The van der Waals surface area contributed by atoms with E-state index in [1.54, 1.807) is 17.5 Å². The standard InChI is InChI=1S/C22H25N7O2/c1-16-13-18(17(14-20(16)31)23-7-12-30)25-21-19-5-3-4-8-29(19)26-22(21)24-6-9-28-11-10-27(2)15-28/h3-5,8,10-11,13-15,30H,6-7,9,12H2,1-2H3,(H-,23,24,26,31)/p+1/b25-18+. The number of hydrogen-bond acceptors (Lipinski definition) is 6. The first-order chi connectivity index (χ1) is 15.0. The minimum absolute atomic E-state index is 0.0395. The van der Waals surface area contributed by atoms with E-state index in [1.165, 1.54) is 6.08 Å². The molecule has 0 radical (unpaired) electrons. The van der Waals surface area contributed by atoms with Crippen molar-refractivity contribution in [2.45, 2.75) is 13.5 Å². The second kappa shape index (κ2) is 8.97. The Hall–Kier alpha value is -3.72. The van der Waals surface area contributed by atoms with Gasteiger partial charge in [-0.3, -0.25) is 4.79 Å². The molecule has 3 heterocycles. The Morgan fingerprint density at radius 2 is 2.06 bits per heavy atom. The molecule has 0 amide bonds. The second-order valence-electron chi connectivity index (χ2n) is 7.37. The van der Waals surface area contributed by atoms with Crippen LogP contribution in [0.15, 0.2) is 71.5 Å². The van der Waals surface area contributed by atoms with Gasteiger partial charge in [-0.15, -0.1) is 5.10 Å². The number of pyridine rings is 1. The number of aliphatic imine (C=N–C) groups is 1. The lowest BCUT2D eigenvalue weighted by Gasteiger charge is -2.15. The first-order valence-corrected chi connectivity index (χ1v) is 10.2. The molecule has 1 aliphatic carbocycles. The van der Waals surface area contributed by atoms with E-state index in [4.69, 9.17) is 4.99 Å². The van der Waals surface area contributed by atoms with Gasteiger partial charge in [-0.2, -0.15) is 0 Å². The van der Waals surface area contributed by atoms with Crippen LogP contribution in [0, 0.1) is 0 Å². The molecule has 0 unspecified atom stereocenters. The molecule has 9 heteroatoms. The Labute approximate surface area is 180 Å². The van der Waals surface area contributed by atoms with Gasteiger partial charge in [0.25, 0.3) is 0 Å². The van der Waals surface area contributed by atoms with Crippen LogP contribution in [-0.4, -0.2) is 50.5 Å². The van der Waals surface area contributed by atoms with Crippen LogP contribution in [0.3, 0.4) is 0 Å². The van der Waals surface area contributed by atoms with Gasteiger partial charge in [-0.05, 0) is 30.7 Å². The first kappa shape index (κ1) is 20.5. The van der Waals surface area contributed by atoms with Crippen molar-refractivity contribution in [1.82, 2.24) is 19.5 Å². The lowest BCUT2D eigenvalue weighted by Crippen LogP contribution is -2.26. The maximum atomic E-state index is 12.1. The minimum atomic E-state index is -0.0718. The topological polar surface area (TPSA) is 99.8 Å². The highest BCUT2D eigenvalue weighted by atomic mass is 16.3. The van der Waals surface area contributed by atoms with Crippen LogP contribution >= 0.6 is 0 Å². The highest BCUT2D eigenvalue weighted by Gasteiger charge is 2.19. The maximum absolute atomic E-state index is 12.1. The van der Waals surface area contributed by atoms with Gasteiger partial charge >= 0.3 is 0 Å². The number of allylic oxidation sites excluding steroid dienone is 3. The number of carbonyl (C=O) groups is 1. The number of nitrogens with zero attached hydrogens (tertiary/aromatic N) is 5. The summed E-state index contributed by atoms with van der Waals surface area (Å²) in [6.45, 7) is 3.52. The average molecular weight is 420 g/mol. The Morgan fingerprint density at radius 3 is 2.84 bits per heavy atom. The summed E-state index contributed by atoms with van der Waals surface area (Å²) in [5.41, 5.74) is 3.38. The van der Waals surface area contributed by atoms with Crippen molar-refractivity contribution in [3.63, 3.8) is 0 Å². The van der Waals surface area contributed by atoms with Gasteiger partial charge in [0, 0.05) is 18.8 Å². The fourth-order valence-electron chi connectivity index (χ4n) is 3.37. The van der Waals surface area contributed by atoms with Crippen molar-refractivity contribution >= 4 is 28.5 Å². The number of hydrogen-bond donors (Lipinski definition) is 3. The van der Waals surface area contributed by atoms with Crippen molar-refractivity contribution in [3.05, 3.63) is 66.5 Å². The normalized spacial score (nSPS) is 15.3. The van der Waals surface area contributed by atoms with E-state index in [9.17, 15) is 9.90 Å². The fourth-order valence-corrected chi connectivity index (χ4v) is 3.37. The number of aliphatic hydroxyl groups excluding tert-OH is 1. The fraction of sp³-hybridized carbons (Fsp3) is 0.273. The van der Waals surface area contributed by atoms with Crippen LogP contribution in [0.2, 0.25) is 0 Å². The molecule has 0 aliphatic heterocycles. The highest BCUT2D eigenvalue weighted by molar-refractivity contribution is 6.22. The number of ketones is 1. The van der Waals surface area contributed by atoms with E-state index in [-0.39, 0.29) is 12.4 Å². The molecular weight excluding hydrogens is 394 g/mol. The molecule has 0 aromatic carbocycles. The SMILES string of the molecule is CC1=C/C(=N\c2c(NCCn3cc[n+](C)c3)nn3ccccc23)C(NCCO)=CC1=O.